The fourth-order valence-corrected chi connectivity index (χ4v) is 4.15. The average molecular weight is 309 g/mol. The van der Waals surface area contributed by atoms with Crippen molar-refractivity contribution < 1.29 is 14.3 Å². The highest BCUT2D eigenvalue weighted by atomic mass is 16.5. The second kappa shape index (κ2) is 6.96. The summed E-state index contributed by atoms with van der Waals surface area (Å²) in [5.74, 6) is 0.193. The van der Waals surface area contributed by atoms with E-state index in [0.717, 1.165) is 32.2 Å². The Balaban J connectivity index is 1.62. The van der Waals surface area contributed by atoms with E-state index >= 15 is 0 Å². The van der Waals surface area contributed by atoms with Gasteiger partial charge in [-0.15, -0.1) is 0 Å². The molecule has 6 heteroatoms. The summed E-state index contributed by atoms with van der Waals surface area (Å²) in [5.41, 5.74) is 0. The Kier molecular flexibility index (Phi) is 4.98. The normalized spacial score (nSPS) is 32.6. The molecule has 1 N–H and O–H groups in total. The minimum atomic E-state index is -0.142. The largest absolute Gasteiger partial charge is 0.374 e. The first-order valence-corrected chi connectivity index (χ1v) is 8.57. The first-order chi connectivity index (χ1) is 10.7. The SMILES string of the molecule is CNC(=O)[C@@H]1CCCN1CC(=O)N1CCO[C@@H]2CCCC[C@H]21. The third kappa shape index (κ3) is 3.13. The number of likely N-dealkylation sites (tertiary alicyclic amines) is 1. The fraction of sp³-hybridized carbons (Fsp3) is 0.875. The van der Waals surface area contributed by atoms with E-state index in [1.54, 1.807) is 7.05 Å². The minimum Gasteiger partial charge on any atom is -0.374 e. The van der Waals surface area contributed by atoms with Crippen molar-refractivity contribution in [2.24, 2.45) is 0 Å². The first-order valence-electron chi connectivity index (χ1n) is 8.57. The molecule has 0 spiro atoms. The van der Waals surface area contributed by atoms with Crippen LogP contribution in [0.1, 0.15) is 38.5 Å². The number of ether oxygens (including phenoxy) is 1. The number of morpholine rings is 1. The summed E-state index contributed by atoms with van der Waals surface area (Å²) in [6.07, 6.45) is 6.56. The monoisotopic (exact) mass is 309 g/mol. The molecule has 2 aliphatic heterocycles. The third-order valence-corrected chi connectivity index (χ3v) is 5.30. The van der Waals surface area contributed by atoms with E-state index in [4.69, 9.17) is 4.74 Å². The Morgan fingerprint density at radius 2 is 1.95 bits per heavy atom. The molecule has 0 radical (unpaired) electrons. The Labute approximate surface area is 132 Å². The van der Waals surface area contributed by atoms with E-state index in [2.05, 4.69) is 5.32 Å². The number of hydrogen-bond donors (Lipinski definition) is 1. The van der Waals surface area contributed by atoms with Gasteiger partial charge < -0.3 is 15.0 Å². The Morgan fingerprint density at radius 3 is 2.77 bits per heavy atom. The summed E-state index contributed by atoms with van der Waals surface area (Å²) < 4.78 is 5.84. The fourth-order valence-electron chi connectivity index (χ4n) is 4.15. The summed E-state index contributed by atoms with van der Waals surface area (Å²) >= 11 is 0. The van der Waals surface area contributed by atoms with Crippen molar-refractivity contribution in [3.8, 4) is 0 Å². The highest BCUT2D eigenvalue weighted by Gasteiger charge is 2.38. The molecule has 6 nitrogen and oxygen atoms in total. The van der Waals surface area contributed by atoms with Gasteiger partial charge in [0.2, 0.25) is 11.8 Å². The maximum Gasteiger partial charge on any atom is 0.237 e. The molecular weight excluding hydrogens is 282 g/mol. The predicted octanol–water partition coefficient (Wildman–Crippen LogP) is 0.367. The highest BCUT2D eigenvalue weighted by Crippen LogP contribution is 2.29. The van der Waals surface area contributed by atoms with Gasteiger partial charge in [-0.3, -0.25) is 14.5 Å². The van der Waals surface area contributed by atoms with Crippen molar-refractivity contribution in [2.75, 3.05) is 33.3 Å². The van der Waals surface area contributed by atoms with Gasteiger partial charge in [0.25, 0.3) is 0 Å². The number of hydrogen-bond acceptors (Lipinski definition) is 4. The summed E-state index contributed by atoms with van der Waals surface area (Å²) in [7, 11) is 1.66. The number of carbonyl (C=O) groups is 2. The van der Waals surface area contributed by atoms with Gasteiger partial charge in [-0.25, -0.2) is 0 Å². The van der Waals surface area contributed by atoms with Crippen LogP contribution in [0.4, 0.5) is 0 Å². The quantitative estimate of drug-likeness (QED) is 0.818. The predicted molar refractivity (Wildman–Crippen MR) is 82.4 cm³/mol. The standard InChI is InChI=1S/C16H27N3O3/c1-17-16(21)13-6-4-8-18(13)11-15(20)19-9-10-22-14-7-3-2-5-12(14)19/h12-14H,2-11H2,1H3,(H,17,21)/t12-,13+,14-/m1/s1. The smallest absolute Gasteiger partial charge is 0.237 e. The van der Waals surface area contributed by atoms with Crippen molar-refractivity contribution in [1.82, 2.24) is 15.1 Å². The van der Waals surface area contributed by atoms with Crippen LogP contribution in [-0.4, -0.2) is 73.1 Å². The second-order valence-corrected chi connectivity index (χ2v) is 6.59. The molecule has 0 aromatic rings. The van der Waals surface area contributed by atoms with Crippen molar-refractivity contribution >= 4 is 11.8 Å². The number of fused-ring (bicyclic) bond motifs is 1. The van der Waals surface area contributed by atoms with Crippen LogP contribution in [-0.2, 0) is 14.3 Å². The molecule has 0 aromatic carbocycles. The number of carbonyl (C=O) groups excluding carboxylic acids is 2. The lowest BCUT2D eigenvalue weighted by molar-refractivity contribution is -0.151. The highest BCUT2D eigenvalue weighted by molar-refractivity contribution is 5.84. The molecule has 22 heavy (non-hydrogen) atoms. The van der Waals surface area contributed by atoms with Gasteiger partial charge in [-0.05, 0) is 32.2 Å². The molecule has 1 saturated carbocycles. The van der Waals surface area contributed by atoms with Crippen LogP contribution in [0.3, 0.4) is 0 Å². The molecule has 2 heterocycles. The number of likely N-dealkylation sites (N-methyl/N-ethyl adjacent to an activating group) is 1. The van der Waals surface area contributed by atoms with E-state index in [9.17, 15) is 9.59 Å². The number of nitrogens with zero attached hydrogens (tertiary/aromatic N) is 2. The maximum atomic E-state index is 12.8. The van der Waals surface area contributed by atoms with Gasteiger partial charge in [0.05, 0.1) is 31.3 Å². The Morgan fingerprint density at radius 1 is 1.14 bits per heavy atom. The molecule has 0 unspecified atom stereocenters. The van der Waals surface area contributed by atoms with Gasteiger partial charge in [-0.1, -0.05) is 12.8 Å². The minimum absolute atomic E-state index is 0.0304. The van der Waals surface area contributed by atoms with Gasteiger partial charge >= 0.3 is 0 Å². The lowest BCUT2D eigenvalue weighted by Crippen LogP contribution is -2.57. The molecule has 2 amide bonds. The molecule has 0 aromatic heterocycles. The lowest BCUT2D eigenvalue weighted by atomic mass is 9.90. The molecule has 3 atom stereocenters. The summed E-state index contributed by atoms with van der Waals surface area (Å²) in [5, 5.41) is 2.71. The summed E-state index contributed by atoms with van der Waals surface area (Å²) in [4.78, 5) is 28.7. The first kappa shape index (κ1) is 15.7. The molecule has 3 fully saturated rings. The van der Waals surface area contributed by atoms with Gasteiger partial charge in [-0.2, -0.15) is 0 Å². The average Bonchev–Trinajstić information content (AvgIpc) is 3.01. The zero-order valence-electron chi connectivity index (χ0n) is 13.4. The molecule has 0 bridgehead atoms. The van der Waals surface area contributed by atoms with E-state index < -0.39 is 0 Å². The van der Waals surface area contributed by atoms with Gasteiger partial charge in [0, 0.05) is 13.6 Å². The number of rotatable bonds is 3. The van der Waals surface area contributed by atoms with Crippen molar-refractivity contribution in [2.45, 2.75) is 56.7 Å². The van der Waals surface area contributed by atoms with Crippen LogP contribution in [0.25, 0.3) is 0 Å². The van der Waals surface area contributed by atoms with Crippen LogP contribution in [0.5, 0.6) is 0 Å². The topological polar surface area (TPSA) is 61.9 Å². The van der Waals surface area contributed by atoms with Crippen LogP contribution in [0.15, 0.2) is 0 Å². The van der Waals surface area contributed by atoms with E-state index in [1.807, 2.05) is 9.80 Å². The van der Waals surface area contributed by atoms with Crippen molar-refractivity contribution in [1.29, 1.82) is 0 Å². The summed E-state index contributed by atoms with van der Waals surface area (Å²) in [6, 6.07) is 0.105. The third-order valence-electron chi connectivity index (χ3n) is 5.30. The van der Waals surface area contributed by atoms with Crippen LogP contribution >= 0.6 is 0 Å². The van der Waals surface area contributed by atoms with Crippen LogP contribution in [0, 0.1) is 0 Å². The Hall–Kier alpha value is -1.14. The molecule has 1 aliphatic carbocycles. The zero-order valence-corrected chi connectivity index (χ0v) is 13.4. The van der Waals surface area contributed by atoms with E-state index in [0.29, 0.717) is 19.7 Å². The molecular formula is C16H27N3O3. The molecule has 3 rings (SSSR count). The summed E-state index contributed by atoms with van der Waals surface area (Å²) in [6.45, 7) is 2.54. The van der Waals surface area contributed by atoms with Crippen molar-refractivity contribution in [3.05, 3.63) is 0 Å². The zero-order chi connectivity index (χ0) is 15.5. The molecule has 124 valence electrons. The van der Waals surface area contributed by atoms with Crippen molar-refractivity contribution in [3.63, 3.8) is 0 Å². The van der Waals surface area contributed by atoms with Crippen LogP contribution < -0.4 is 5.32 Å². The Bertz CT molecular complexity index is 427. The number of nitrogens with one attached hydrogen (secondary N) is 1. The second-order valence-electron chi connectivity index (χ2n) is 6.59. The van der Waals surface area contributed by atoms with Gasteiger partial charge in [0.15, 0.2) is 0 Å². The number of amides is 2. The maximum absolute atomic E-state index is 12.8. The molecule has 2 saturated heterocycles. The van der Waals surface area contributed by atoms with E-state index in [-0.39, 0.29) is 30.0 Å². The van der Waals surface area contributed by atoms with Gasteiger partial charge in [0.1, 0.15) is 0 Å². The molecule has 3 aliphatic rings. The van der Waals surface area contributed by atoms with Crippen LogP contribution in [0.2, 0.25) is 0 Å². The van der Waals surface area contributed by atoms with E-state index in [1.165, 1.54) is 12.8 Å². The lowest BCUT2D eigenvalue weighted by Gasteiger charge is -2.44.